The summed E-state index contributed by atoms with van der Waals surface area (Å²) in [5, 5.41) is 13.8. The van der Waals surface area contributed by atoms with Gasteiger partial charge in [-0.2, -0.15) is 0 Å². The molecule has 1 heterocycles. The number of carbonyl (C=O) groups excluding carboxylic acids is 1. The second-order valence-corrected chi connectivity index (χ2v) is 7.73. The van der Waals surface area contributed by atoms with Crippen LogP contribution in [0.2, 0.25) is 10.0 Å². The Labute approximate surface area is 175 Å². The molecule has 0 bridgehead atoms. The summed E-state index contributed by atoms with van der Waals surface area (Å²) >= 11 is 12.0. The molecule has 0 aromatic heterocycles. The second-order valence-electron chi connectivity index (χ2n) is 6.89. The number of ether oxygens (including phenoxy) is 1. The van der Waals surface area contributed by atoms with Gasteiger partial charge in [0.2, 0.25) is 0 Å². The lowest BCUT2D eigenvalue weighted by molar-refractivity contribution is 0.0908. The number of halogens is 2. The van der Waals surface area contributed by atoms with Crippen LogP contribution in [0.15, 0.2) is 36.4 Å². The third kappa shape index (κ3) is 5.31. The SMILES string of the molecule is CCOc1cc(C(=O)NC2CCN(Cc3ccc(Cl)cc3)CC2)cc(Cl)c1O. The van der Waals surface area contributed by atoms with Crippen LogP contribution in [-0.2, 0) is 6.54 Å². The first kappa shape index (κ1) is 20.8. The van der Waals surface area contributed by atoms with E-state index < -0.39 is 0 Å². The first-order valence-electron chi connectivity index (χ1n) is 9.39. The highest BCUT2D eigenvalue weighted by Crippen LogP contribution is 2.35. The van der Waals surface area contributed by atoms with Crippen molar-refractivity contribution >= 4 is 29.1 Å². The zero-order valence-corrected chi connectivity index (χ0v) is 17.3. The fraction of sp³-hybridized carbons (Fsp3) is 0.381. The number of aromatic hydroxyl groups is 1. The van der Waals surface area contributed by atoms with Crippen molar-refractivity contribution in [3.8, 4) is 11.5 Å². The number of phenolic OH excluding ortho intramolecular Hbond substituents is 1. The van der Waals surface area contributed by atoms with Gasteiger partial charge >= 0.3 is 0 Å². The smallest absolute Gasteiger partial charge is 0.251 e. The Morgan fingerprint density at radius 1 is 1.21 bits per heavy atom. The lowest BCUT2D eigenvalue weighted by Gasteiger charge is -2.32. The van der Waals surface area contributed by atoms with Crippen LogP contribution in [0, 0.1) is 0 Å². The molecular weight excluding hydrogens is 399 g/mol. The van der Waals surface area contributed by atoms with Gasteiger partial charge in [0, 0.05) is 36.3 Å². The number of hydrogen-bond acceptors (Lipinski definition) is 4. The Kier molecular flexibility index (Phi) is 7.05. The first-order chi connectivity index (χ1) is 13.5. The number of nitrogens with zero attached hydrogens (tertiary/aromatic N) is 1. The molecule has 2 N–H and O–H groups in total. The van der Waals surface area contributed by atoms with Crippen LogP contribution < -0.4 is 10.1 Å². The highest BCUT2D eigenvalue weighted by Gasteiger charge is 2.22. The van der Waals surface area contributed by atoms with E-state index in [-0.39, 0.29) is 28.5 Å². The molecule has 2 aromatic carbocycles. The Morgan fingerprint density at radius 2 is 1.89 bits per heavy atom. The highest BCUT2D eigenvalue weighted by molar-refractivity contribution is 6.32. The summed E-state index contributed by atoms with van der Waals surface area (Å²) in [6.07, 6.45) is 1.76. The van der Waals surface area contributed by atoms with Crippen molar-refractivity contribution in [2.45, 2.75) is 32.4 Å². The zero-order chi connectivity index (χ0) is 20.1. The van der Waals surface area contributed by atoms with Crippen LogP contribution in [-0.4, -0.2) is 41.7 Å². The number of likely N-dealkylation sites (tertiary alicyclic amines) is 1. The van der Waals surface area contributed by atoms with Gasteiger partial charge in [-0.15, -0.1) is 0 Å². The number of rotatable bonds is 6. The molecule has 0 spiro atoms. The lowest BCUT2D eigenvalue weighted by Crippen LogP contribution is -2.44. The normalized spacial score (nSPS) is 15.4. The molecule has 28 heavy (non-hydrogen) atoms. The summed E-state index contributed by atoms with van der Waals surface area (Å²) in [7, 11) is 0. The number of nitrogens with one attached hydrogen (secondary N) is 1. The second kappa shape index (κ2) is 9.50. The maximum absolute atomic E-state index is 12.6. The van der Waals surface area contributed by atoms with Gasteiger partial charge in [0.15, 0.2) is 11.5 Å². The fourth-order valence-electron chi connectivity index (χ4n) is 3.32. The monoisotopic (exact) mass is 422 g/mol. The van der Waals surface area contributed by atoms with Crippen molar-refractivity contribution < 1.29 is 14.6 Å². The molecule has 1 saturated heterocycles. The summed E-state index contributed by atoms with van der Waals surface area (Å²) in [5.41, 5.74) is 1.61. The largest absolute Gasteiger partial charge is 0.503 e. The molecular formula is C21H24Cl2N2O3. The predicted octanol–water partition coefficient (Wildman–Crippen LogP) is 4.49. The summed E-state index contributed by atoms with van der Waals surface area (Å²) in [6, 6.07) is 11.0. The van der Waals surface area contributed by atoms with Gasteiger partial charge in [-0.3, -0.25) is 9.69 Å². The third-order valence-corrected chi connectivity index (χ3v) is 5.37. The average molecular weight is 423 g/mol. The molecule has 2 aromatic rings. The number of amides is 1. The molecule has 1 aliphatic rings. The summed E-state index contributed by atoms with van der Waals surface area (Å²) in [5.74, 6) is -0.132. The van der Waals surface area contributed by atoms with E-state index in [2.05, 4.69) is 10.2 Å². The van der Waals surface area contributed by atoms with Gasteiger partial charge in [0.1, 0.15) is 0 Å². The quantitative estimate of drug-likeness (QED) is 0.719. The minimum absolute atomic E-state index is 0.105. The minimum Gasteiger partial charge on any atom is -0.503 e. The lowest BCUT2D eigenvalue weighted by atomic mass is 10.0. The molecule has 7 heteroatoms. The van der Waals surface area contributed by atoms with Crippen LogP contribution >= 0.6 is 23.2 Å². The summed E-state index contributed by atoms with van der Waals surface area (Å²) in [4.78, 5) is 15.0. The van der Waals surface area contributed by atoms with Gasteiger partial charge < -0.3 is 15.2 Å². The topological polar surface area (TPSA) is 61.8 Å². The molecule has 1 fully saturated rings. The van der Waals surface area contributed by atoms with Gasteiger partial charge in [0.05, 0.1) is 11.6 Å². The van der Waals surface area contributed by atoms with Crippen LogP contribution in [0.5, 0.6) is 11.5 Å². The van der Waals surface area contributed by atoms with E-state index in [0.717, 1.165) is 37.5 Å². The Balaban J connectivity index is 1.54. The predicted molar refractivity (Wildman–Crippen MR) is 112 cm³/mol. The van der Waals surface area contributed by atoms with E-state index >= 15 is 0 Å². The van der Waals surface area contributed by atoms with Crippen LogP contribution in [0.3, 0.4) is 0 Å². The summed E-state index contributed by atoms with van der Waals surface area (Å²) < 4.78 is 5.35. The molecule has 1 aliphatic heterocycles. The first-order valence-corrected chi connectivity index (χ1v) is 10.1. The molecule has 3 rings (SSSR count). The van der Waals surface area contributed by atoms with E-state index in [1.807, 2.05) is 24.3 Å². The van der Waals surface area contributed by atoms with E-state index in [0.29, 0.717) is 12.2 Å². The number of phenols is 1. The van der Waals surface area contributed by atoms with Gasteiger partial charge in [-0.25, -0.2) is 0 Å². The third-order valence-electron chi connectivity index (χ3n) is 4.83. The molecule has 0 unspecified atom stereocenters. The van der Waals surface area contributed by atoms with E-state index in [9.17, 15) is 9.90 Å². The Bertz CT molecular complexity index is 819. The van der Waals surface area contributed by atoms with Crippen molar-refractivity contribution in [1.82, 2.24) is 10.2 Å². The molecule has 150 valence electrons. The number of carbonyl (C=O) groups is 1. The number of piperidine rings is 1. The number of benzene rings is 2. The summed E-state index contributed by atoms with van der Waals surface area (Å²) in [6.45, 7) is 4.88. The maximum atomic E-state index is 12.6. The zero-order valence-electron chi connectivity index (χ0n) is 15.8. The van der Waals surface area contributed by atoms with Crippen molar-refractivity contribution in [3.63, 3.8) is 0 Å². The van der Waals surface area contributed by atoms with Crippen molar-refractivity contribution in [1.29, 1.82) is 0 Å². The van der Waals surface area contributed by atoms with Gasteiger partial charge in [-0.1, -0.05) is 35.3 Å². The molecule has 0 saturated carbocycles. The van der Waals surface area contributed by atoms with E-state index in [1.54, 1.807) is 6.92 Å². The molecule has 5 nitrogen and oxygen atoms in total. The standard InChI is InChI=1S/C21H24Cl2N2O3/c1-2-28-19-12-15(11-18(23)20(19)26)21(27)24-17-7-9-25(10-8-17)13-14-3-5-16(22)6-4-14/h3-6,11-12,17,26H,2,7-10,13H2,1H3,(H,24,27). The van der Waals surface area contributed by atoms with E-state index in [1.165, 1.54) is 17.7 Å². The fourth-order valence-corrected chi connectivity index (χ4v) is 3.66. The van der Waals surface area contributed by atoms with Crippen LogP contribution in [0.25, 0.3) is 0 Å². The van der Waals surface area contributed by atoms with E-state index in [4.69, 9.17) is 27.9 Å². The molecule has 1 amide bonds. The Hall–Kier alpha value is -1.95. The maximum Gasteiger partial charge on any atom is 0.251 e. The van der Waals surface area contributed by atoms with Crippen molar-refractivity contribution in [2.75, 3.05) is 19.7 Å². The van der Waals surface area contributed by atoms with Crippen molar-refractivity contribution in [3.05, 3.63) is 57.6 Å². The molecule has 0 aliphatic carbocycles. The molecule has 0 atom stereocenters. The number of hydrogen-bond donors (Lipinski definition) is 2. The molecule has 0 radical (unpaired) electrons. The Morgan fingerprint density at radius 3 is 2.54 bits per heavy atom. The van der Waals surface area contributed by atoms with Crippen molar-refractivity contribution in [2.24, 2.45) is 0 Å². The van der Waals surface area contributed by atoms with Crippen LogP contribution in [0.1, 0.15) is 35.7 Å². The highest BCUT2D eigenvalue weighted by atomic mass is 35.5. The minimum atomic E-state index is -0.209. The van der Waals surface area contributed by atoms with Gasteiger partial charge in [0.25, 0.3) is 5.91 Å². The van der Waals surface area contributed by atoms with Crippen LogP contribution in [0.4, 0.5) is 0 Å². The average Bonchev–Trinajstić information content (AvgIpc) is 2.68. The van der Waals surface area contributed by atoms with Gasteiger partial charge in [-0.05, 0) is 49.6 Å².